The minimum atomic E-state index is -0.0198. The first-order valence-corrected chi connectivity index (χ1v) is 4.64. The SMILES string of the molecule is Cc1cncc(C(=O)c2ccncc2)c1. The highest BCUT2D eigenvalue weighted by Crippen LogP contribution is 2.08. The van der Waals surface area contributed by atoms with Crippen molar-refractivity contribution in [1.29, 1.82) is 0 Å². The number of nitrogens with zero attached hydrogens (tertiary/aromatic N) is 2. The monoisotopic (exact) mass is 198 g/mol. The van der Waals surface area contributed by atoms with Gasteiger partial charge in [-0.2, -0.15) is 0 Å². The maximum absolute atomic E-state index is 11.9. The van der Waals surface area contributed by atoms with Gasteiger partial charge in [0.2, 0.25) is 0 Å². The Morgan fingerprint density at radius 2 is 1.80 bits per heavy atom. The molecule has 0 amide bonds. The summed E-state index contributed by atoms with van der Waals surface area (Å²) in [4.78, 5) is 19.8. The van der Waals surface area contributed by atoms with Crippen molar-refractivity contribution in [3.05, 3.63) is 59.7 Å². The largest absolute Gasteiger partial charge is 0.289 e. The second-order valence-electron chi connectivity index (χ2n) is 3.32. The highest BCUT2D eigenvalue weighted by molar-refractivity contribution is 6.08. The van der Waals surface area contributed by atoms with Crippen LogP contribution in [-0.2, 0) is 0 Å². The Kier molecular flexibility index (Phi) is 2.54. The van der Waals surface area contributed by atoms with Crippen LogP contribution < -0.4 is 0 Å². The number of ketones is 1. The Balaban J connectivity index is 2.37. The van der Waals surface area contributed by atoms with Gasteiger partial charge in [-0.15, -0.1) is 0 Å². The Bertz CT molecular complexity index is 480. The Labute approximate surface area is 87.8 Å². The van der Waals surface area contributed by atoms with Crippen molar-refractivity contribution >= 4 is 5.78 Å². The maximum atomic E-state index is 11.9. The molecule has 0 atom stereocenters. The zero-order chi connectivity index (χ0) is 10.7. The summed E-state index contributed by atoms with van der Waals surface area (Å²) >= 11 is 0. The van der Waals surface area contributed by atoms with Crippen molar-refractivity contribution in [3.63, 3.8) is 0 Å². The van der Waals surface area contributed by atoms with Crippen LogP contribution >= 0.6 is 0 Å². The third-order valence-corrected chi connectivity index (χ3v) is 2.08. The lowest BCUT2D eigenvalue weighted by molar-refractivity contribution is 0.103. The molecule has 0 bridgehead atoms. The van der Waals surface area contributed by atoms with Crippen LogP contribution in [0, 0.1) is 6.92 Å². The van der Waals surface area contributed by atoms with E-state index in [0.29, 0.717) is 11.1 Å². The second kappa shape index (κ2) is 4.00. The fourth-order valence-corrected chi connectivity index (χ4v) is 1.35. The van der Waals surface area contributed by atoms with Gasteiger partial charge in [0.1, 0.15) is 0 Å². The van der Waals surface area contributed by atoms with Gasteiger partial charge >= 0.3 is 0 Å². The minimum absolute atomic E-state index is 0.0198. The van der Waals surface area contributed by atoms with E-state index in [1.165, 1.54) is 0 Å². The van der Waals surface area contributed by atoms with Crippen molar-refractivity contribution in [1.82, 2.24) is 9.97 Å². The predicted octanol–water partition coefficient (Wildman–Crippen LogP) is 2.02. The fraction of sp³-hybridized carbons (Fsp3) is 0.0833. The highest BCUT2D eigenvalue weighted by atomic mass is 16.1. The first kappa shape index (κ1) is 9.52. The van der Waals surface area contributed by atoms with Gasteiger partial charge in [0, 0.05) is 35.9 Å². The van der Waals surface area contributed by atoms with E-state index in [4.69, 9.17) is 0 Å². The van der Waals surface area contributed by atoms with Gasteiger partial charge in [0.15, 0.2) is 5.78 Å². The lowest BCUT2D eigenvalue weighted by Gasteiger charge is -2.00. The number of rotatable bonds is 2. The zero-order valence-electron chi connectivity index (χ0n) is 8.34. The fourth-order valence-electron chi connectivity index (χ4n) is 1.35. The average Bonchev–Trinajstić information content (AvgIpc) is 2.29. The summed E-state index contributed by atoms with van der Waals surface area (Å²) in [6, 6.07) is 5.23. The molecule has 2 aromatic heterocycles. The van der Waals surface area contributed by atoms with Crippen LogP contribution in [0.1, 0.15) is 21.5 Å². The van der Waals surface area contributed by atoms with Crippen molar-refractivity contribution in [2.75, 3.05) is 0 Å². The molecular weight excluding hydrogens is 188 g/mol. The van der Waals surface area contributed by atoms with E-state index < -0.39 is 0 Å². The molecule has 2 rings (SSSR count). The Morgan fingerprint density at radius 1 is 1.07 bits per heavy atom. The summed E-state index contributed by atoms with van der Waals surface area (Å²) in [6.07, 6.45) is 6.52. The number of aryl methyl sites for hydroxylation is 1. The summed E-state index contributed by atoms with van der Waals surface area (Å²) in [5.74, 6) is -0.0198. The van der Waals surface area contributed by atoms with E-state index in [0.717, 1.165) is 5.56 Å². The molecule has 3 nitrogen and oxygen atoms in total. The number of hydrogen-bond donors (Lipinski definition) is 0. The van der Waals surface area contributed by atoms with E-state index in [1.54, 1.807) is 36.9 Å². The molecule has 15 heavy (non-hydrogen) atoms. The summed E-state index contributed by atoms with van der Waals surface area (Å²) < 4.78 is 0. The smallest absolute Gasteiger partial charge is 0.194 e. The van der Waals surface area contributed by atoms with Crippen LogP contribution in [0.4, 0.5) is 0 Å². The van der Waals surface area contributed by atoms with Gasteiger partial charge in [-0.1, -0.05) is 0 Å². The molecule has 3 heteroatoms. The summed E-state index contributed by atoms with van der Waals surface area (Å²) in [7, 11) is 0. The Morgan fingerprint density at radius 3 is 2.47 bits per heavy atom. The molecule has 0 radical (unpaired) electrons. The number of carbonyl (C=O) groups excluding carboxylic acids is 1. The van der Waals surface area contributed by atoms with E-state index in [1.807, 2.05) is 13.0 Å². The van der Waals surface area contributed by atoms with Gasteiger partial charge in [0.05, 0.1) is 0 Å². The molecule has 0 aliphatic carbocycles. The first-order valence-electron chi connectivity index (χ1n) is 4.64. The standard InChI is InChI=1S/C12H10N2O/c1-9-6-11(8-14-7-9)12(15)10-2-4-13-5-3-10/h2-8H,1H3. The van der Waals surface area contributed by atoms with Crippen LogP contribution in [0.25, 0.3) is 0 Å². The lowest BCUT2D eigenvalue weighted by Crippen LogP contribution is -2.02. The van der Waals surface area contributed by atoms with Crippen LogP contribution in [0.3, 0.4) is 0 Å². The molecule has 2 aromatic rings. The quantitative estimate of drug-likeness (QED) is 0.693. The normalized spacial score (nSPS) is 9.93. The average molecular weight is 198 g/mol. The van der Waals surface area contributed by atoms with Crippen molar-refractivity contribution < 1.29 is 4.79 Å². The van der Waals surface area contributed by atoms with Crippen molar-refractivity contribution in [3.8, 4) is 0 Å². The molecule has 0 N–H and O–H groups in total. The summed E-state index contributed by atoms with van der Waals surface area (Å²) in [5, 5.41) is 0. The third kappa shape index (κ3) is 2.07. The highest BCUT2D eigenvalue weighted by Gasteiger charge is 2.08. The van der Waals surface area contributed by atoms with Crippen LogP contribution in [0.15, 0.2) is 43.0 Å². The first-order chi connectivity index (χ1) is 7.27. The molecule has 74 valence electrons. The van der Waals surface area contributed by atoms with E-state index >= 15 is 0 Å². The van der Waals surface area contributed by atoms with E-state index in [9.17, 15) is 4.79 Å². The molecule has 0 saturated heterocycles. The predicted molar refractivity (Wildman–Crippen MR) is 56.6 cm³/mol. The molecule has 0 unspecified atom stereocenters. The van der Waals surface area contributed by atoms with Crippen LogP contribution in [0.5, 0.6) is 0 Å². The zero-order valence-corrected chi connectivity index (χ0v) is 8.34. The van der Waals surface area contributed by atoms with Crippen LogP contribution in [-0.4, -0.2) is 15.8 Å². The number of aromatic nitrogens is 2. The molecule has 0 aliphatic rings. The molecule has 0 fully saturated rings. The van der Waals surface area contributed by atoms with Crippen molar-refractivity contribution in [2.24, 2.45) is 0 Å². The molecule has 0 saturated carbocycles. The summed E-state index contributed by atoms with van der Waals surface area (Å²) in [6.45, 7) is 1.91. The van der Waals surface area contributed by atoms with E-state index in [2.05, 4.69) is 9.97 Å². The van der Waals surface area contributed by atoms with Gasteiger partial charge in [-0.3, -0.25) is 14.8 Å². The summed E-state index contributed by atoms with van der Waals surface area (Å²) in [5.41, 5.74) is 2.23. The number of carbonyl (C=O) groups is 1. The molecule has 0 aromatic carbocycles. The van der Waals surface area contributed by atoms with Gasteiger partial charge < -0.3 is 0 Å². The minimum Gasteiger partial charge on any atom is -0.289 e. The lowest BCUT2D eigenvalue weighted by atomic mass is 10.1. The molecule has 2 heterocycles. The van der Waals surface area contributed by atoms with Gasteiger partial charge in [-0.05, 0) is 30.7 Å². The van der Waals surface area contributed by atoms with Crippen molar-refractivity contribution in [2.45, 2.75) is 6.92 Å². The Hall–Kier alpha value is -2.03. The van der Waals surface area contributed by atoms with Gasteiger partial charge in [0.25, 0.3) is 0 Å². The second-order valence-corrected chi connectivity index (χ2v) is 3.32. The molecule has 0 spiro atoms. The van der Waals surface area contributed by atoms with E-state index in [-0.39, 0.29) is 5.78 Å². The topological polar surface area (TPSA) is 42.9 Å². The molecule has 0 aliphatic heterocycles. The van der Waals surface area contributed by atoms with Gasteiger partial charge in [-0.25, -0.2) is 0 Å². The third-order valence-electron chi connectivity index (χ3n) is 2.08. The van der Waals surface area contributed by atoms with Crippen LogP contribution in [0.2, 0.25) is 0 Å². The number of pyridine rings is 2. The molecular formula is C12H10N2O. The number of hydrogen-bond acceptors (Lipinski definition) is 3. The maximum Gasteiger partial charge on any atom is 0.194 e.